The van der Waals surface area contributed by atoms with Crippen LogP contribution in [-0.2, 0) is 0 Å². The molecular formula is C15H16FN3. The van der Waals surface area contributed by atoms with Gasteiger partial charge in [-0.15, -0.1) is 0 Å². The van der Waals surface area contributed by atoms with E-state index in [4.69, 9.17) is 0 Å². The van der Waals surface area contributed by atoms with Gasteiger partial charge in [0, 0.05) is 24.8 Å². The Labute approximate surface area is 112 Å². The summed E-state index contributed by atoms with van der Waals surface area (Å²) in [4.78, 5) is 11.2. The predicted octanol–water partition coefficient (Wildman–Crippen LogP) is 3.27. The molecule has 1 fully saturated rings. The van der Waals surface area contributed by atoms with E-state index in [-0.39, 0.29) is 5.82 Å². The molecule has 1 aliphatic rings. The molecule has 0 N–H and O–H groups in total. The van der Waals surface area contributed by atoms with E-state index < -0.39 is 0 Å². The summed E-state index contributed by atoms with van der Waals surface area (Å²) >= 11 is 0. The highest BCUT2D eigenvalue weighted by Crippen LogP contribution is 2.21. The number of benzene rings is 1. The maximum absolute atomic E-state index is 12.9. The maximum Gasteiger partial charge on any atom is 0.225 e. The molecule has 0 amide bonds. The van der Waals surface area contributed by atoms with Crippen molar-refractivity contribution in [3.8, 4) is 11.3 Å². The largest absolute Gasteiger partial charge is 0.341 e. The van der Waals surface area contributed by atoms with Crippen LogP contribution < -0.4 is 4.90 Å². The fraction of sp³-hybridized carbons (Fsp3) is 0.333. The smallest absolute Gasteiger partial charge is 0.225 e. The quantitative estimate of drug-likeness (QED) is 0.826. The van der Waals surface area contributed by atoms with E-state index >= 15 is 0 Å². The average Bonchev–Trinajstić information content (AvgIpc) is 2.49. The summed E-state index contributed by atoms with van der Waals surface area (Å²) in [6.45, 7) is 2.04. The standard InChI is InChI=1S/C15H16FN3/c16-13-6-4-12(5-7-13)14-8-9-17-15(18-14)19-10-2-1-3-11-19/h4-9H,1-3,10-11H2. The van der Waals surface area contributed by atoms with Gasteiger partial charge in [0.1, 0.15) is 5.82 Å². The Morgan fingerprint density at radius 1 is 0.947 bits per heavy atom. The zero-order chi connectivity index (χ0) is 13.1. The minimum atomic E-state index is -0.228. The fourth-order valence-electron chi connectivity index (χ4n) is 2.38. The van der Waals surface area contributed by atoms with E-state index in [9.17, 15) is 4.39 Å². The van der Waals surface area contributed by atoms with Gasteiger partial charge in [0.25, 0.3) is 0 Å². The van der Waals surface area contributed by atoms with Crippen molar-refractivity contribution in [2.45, 2.75) is 19.3 Å². The number of aromatic nitrogens is 2. The van der Waals surface area contributed by atoms with Crippen LogP contribution in [0.1, 0.15) is 19.3 Å². The van der Waals surface area contributed by atoms with Crippen molar-refractivity contribution in [2.24, 2.45) is 0 Å². The highest BCUT2D eigenvalue weighted by atomic mass is 19.1. The van der Waals surface area contributed by atoms with Gasteiger partial charge in [-0.25, -0.2) is 14.4 Å². The number of rotatable bonds is 2. The van der Waals surface area contributed by atoms with E-state index in [1.54, 1.807) is 18.3 Å². The molecule has 3 nitrogen and oxygen atoms in total. The molecule has 3 rings (SSSR count). The van der Waals surface area contributed by atoms with Crippen LogP contribution in [0.3, 0.4) is 0 Å². The first-order chi connectivity index (χ1) is 9.33. The zero-order valence-electron chi connectivity index (χ0n) is 10.7. The molecule has 0 spiro atoms. The summed E-state index contributed by atoms with van der Waals surface area (Å²) in [6, 6.07) is 8.27. The Morgan fingerprint density at radius 3 is 2.42 bits per heavy atom. The van der Waals surface area contributed by atoms with Crippen LogP contribution in [0.25, 0.3) is 11.3 Å². The highest BCUT2D eigenvalue weighted by Gasteiger charge is 2.13. The molecule has 0 aliphatic carbocycles. The third-order valence-corrected chi connectivity index (χ3v) is 3.42. The highest BCUT2D eigenvalue weighted by molar-refractivity contribution is 5.60. The van der Waals surface area contributed by atoms with Gasteiger partial charge in [0.05, 0.1) is 5.69 Å². The number of hydrogen-bond donors (Lipinski definition) is 0. The second kappa shape index (κ2) is 5.34. The Hall–Kier alpha value is -1.97. The Bertz CT molecular complexity index is 548. The summed E-state index contributed by atoms with van der Waals surface area (Å²) in [5.41, 5.74) is 1.76. The molecule has 0 bridgehead atoms. The lowest BCUT2D eigenvalue weighted by molar-refractivity contribution is 0.568. The third kappa shape index (κ3) is 2.72. The predicted molar refractivity (Wildman–Crippen MR) is 73.5 cm³/mol. The van der Waals surface area contributed by atoms with Crippen LogP contribution in [0.2, 0.25) is 0 Å². The van der Waals surface area contributed by atoms with Crippen molar-refractivity contribution >= 4 is 5.95 Å². The maximum atomic E-state index is 12.9. The number of nitrogens with zero attached hydrogens (tertiary/aromatic N) is 3. The normalized spacial score (nSPS) is 15.5. The molecule has 0 radical (unpaired) electrons. The van der Waals surface area contributed by atoms with Gasteiger partial charge in [-0.3, -0.25) is 0 Å². The second-order valence-electron chi connectivity index (χ2n) is 4.80. The van der Waals surface area contributed by atoms with Crippen molar-refractivity contribution in [1.29, 1.82) is 0 Å². The third-order valence-electron chi connectivity index (χ3n) is 3.42. The summed E-state index contributed by atoms with van der Waals surface area (Å²) in [6.07, 6.45) is 5.46. The topological polar surface area (TPSA) is 29.0 Å². The average molecular weight is 257 g/mol. The summed E-state index contributed by atoms with van der Waals surface area (Å²) in [5, 5.41) is 0. The first kappa shape index (κ1) is 12.1. The molecule has 19 heavy (non-hydrogen) atoms. The van der Waals surface area contributed by atoms with Gasteiger partial charge >= 0.3 is 0 Å². The molecule has 0 unspecified atom stereocenters. The lowest BCUT2D eigenvalue weighted by atomic mass is 10.1. The van der Waals surface area contributed by atoms with Gasteiger partial charge in [0.15, 0.2) is 0 Å². The molecule has 1 saturated heterocycles. The molecule has 0 saturated carbocycles. The monoisotopic (exact) mass is 257 g/mol. The lowest BCUT2D eigenvalue weighted by Gasteiger charge is -2.26. The van der Waals surface area contributed by atoms with Gasteiger partial charge in [-0.05, 0) is 49.6 Å². The van der Waals surface area contributed by atoms with Crippen molar-refractivity contribution in [3.05, 3.63) is 42.3 Å². The van der Waals surface area contributed by atoms with Gasteiger partial charge in [0.2, 0.25) is 5.95 Å². The van der Waals surface area contributed by atoms with Crippen molar-refractivity contribution in [2.75, 3.05) is 18.0 Å². The first-order valence-electron chi connectivity index (χ1n) is 6.67. The van der Waals surface area contributed by atoms with E-state index in [1.807, 2.05) is 6.07 Å². The molecule has 1 aromatic carbocycles. The fourth-order valence-corrected chi connectivity index (χ4v) is 2.38. The van der Waals surface area contributed by atoms with Gasteiger partial charge in [-0.1, -0.05) is 0 Å². The molecule has 2 heterocycles. The number of anilines is 1. The van der Waals surface area contributed by atoms with E-state index in [0.29, 0.717) is 0 Å². The van der Waals surface area contributed by atoms with E-state index in [2.05, 4.69) is 14.9 Å². The summed E-state index contributed by atoms with van der Waals surface area (Å²) in [7, 11) is 0. The first-order valence-corrected chi connectivity index (χ1v) is 6.67. The molecular weight excluding hydrogens is 241 g/mol. The SMILES string of the molecule is Fc1ccc(-c2ccnc(N3CCCCC3)n2)cc1. The van der Waals surface area contributed by atoms with E-state index in [0.717, 1.165) is 30.3 Å². The van der Waals surface area contributed by atoms with Crippen LogP contribution in [-0.4, -0.2) is 23.1 Å². The minimum Gasteiger partial charge on any atom is -0.341 e. The Morgan fingerprint density at radius 2 is 1.68 bits per heavy atom. The molecule has 4 heteroatoms. The van der Waals surface area contributed by atoms with Crippen molar-refractivity contribution < 1.29 is 4.39 Å². The summed E-state index contributed by atoms with van der Waals surface area (Å²) in [5.74, 6) is 0.551. The van der Waals surface area contributed by atoms with E-state index in [1.165, 1.54) is 31.4 Å². The van der Waals surface area contributed by atoms with Crippen molar-refractivity contribution in [1.82, 2.24) is 9.97 Å². The molecule has 1 aliphatic heterocycles. The van der Waals surface area contributed by atoms with Crippen LogP contribution in [0.15, 0.2) is 36.5 Å². The minimum absolute atomic E-state index is 0.228. The van der Waals surface area contributed by atoms with Gasteiger partial charge < -0.3 is 4.90 Å². The zero-order valence-corrected chi connectivity index (χ0v) is 10.7. The lowest BCUT2D eigenvalue weighted by Crippen LogP contribution is -2.30. The van der Waals surface area contributed by atoms with Crippen LogP contribution in [0, 0.1) is 5.82 Å². The Balaban J connectivity index is 1.88. The van der Waals surface area contributed by atoms with Crippen molar-refractivity contribution in [3.63, 3.8) is 0 Å². The number of halogens is 1. The van der Waals surface area contributed by atoms with Crippen LogP contribution in [0.5, 0.6) is 0 Å². The summed E-state index contributed by atoms with van der Waals surface area (Å²) < 4.78 is 12.9. The van der Waals surface area contributed by atoms with Crippen LogP contribution in [0.4, 0.5) is 10.3 Å². The Kier molecular flexibility index (Phi) is 3.40. The van der Waals surface area contributed by atoms with Gasteiger partial charge in [-0.2, -0.15) is 0 Å². The molecule has 0 atom stereocenters. The molecule has 1 aromatic heterocycles. The molecule has 98 valence electrons. The van der Waals surface area contributed by atoms with Crippen LogP contribution >= 0.6 is 0 Å². The number of hydrogen-bond acceptors (Lipinski definition) is 3. The molecule has 2 aromatic rings. The number of piperidine rings is 1. The second-order valence-corrected chi connectivity index (χ2v) is 4.80.